The third-order valence-electron chi connectivity index (χ3n) is 0.758. The first-order valence-corrected chi connectivity index (χ1v) is 3.23. The largest absolute Gasteiger partial charge is 0.304 e. The molecule has 0 heterocycles. The van der Waals surface area contributed by atoms with Gasteiger partial charge in [-0.1, -0.05) is 0 Å². The second kappa shape index (κ2) is 3.18. The summed E-state index contributed by atoms with van der Waals surface area (Å²) in [5.74, 6) is 0. The molecular formula is C6H12ClNO. The minimum Gasteiger partial charge on any atom is -0.304 e. The molecule has 3 heteroatoms. The smallest absolute Gasteiger partial charge is 0.235 e. The molecule has 2 nitrogen and oxygen atoms in total. The number of rotatable bonds is 2. The van der Waals surface area contributed by atoms with E-state index in [4.69, 9.17) is 11.6 Å². The van der Waals surface area contributed by atoms with Crippen LogP contribution >= 0.6 is 11.6 Å². The zero-order valence-corrected chi connectivity index (χ0v) is 6.75. The Morgan fingerprint density at radius 2 is 2.00 bits per heavy atom. The molecular weight excluding hydrogens is 138 g/mol. The molecule has 0 atom stereocenters. The van der Waals surface area contributed by atoms with Crippen LogP contribution in [0, 0.1) is 0 Å². The predicted molar refractivity (Wildman–Crippen MR) is 38.6 cm³/mol. The summed E-state index contributed by atoms with van der Waals surface area (Å²) in [6.07, 6.45) is 0. The molecule has 0 spiro atoms. The second-order valence-corrected chi connectivity index (χ2v) is 3.38. The van der Waals surface area contributed by atoms with E-state index in [1.807, 2.05) is 20.8 Å². The Balaban J connectivity index is 3.39. The molecule has 0 aliphatic rings. The Morgan fingerprint density at radius 3 is 2.11 bits per heavy atom. The Labute approximate surface area is 60.6 Å². The SMILES string of the molecule is CC(C)(C)NCC(=O)Cl. The topological polar surface area (TPSA) is 29.1 Å². The van der Waals surface area contributed by atoms with Crippen molar-refractivity contribution in [1.82, 2.24) is 5.32 Å². The highest BCUT2D eigenvalue weighted by molar-refractivity contribution is 6.64. The van der Waals surface area contributed by atoms with Crippen molar-refractivity contribution >= 4 is 16.8 Å². The van der Waals surface area contributed by atoms with Crippen molar-refractivity contribution in [2.45, 2.75) is 26.3 Å². The molecule has 0 unspecified atom stereocenters. The Bertz CT molecular complexity index is 106. The lowest BCUT2D eigenvalue weighted by atomic mass is 10.1. The Kier molecular flexibility index (Phi) is 3.15. The zero-order chi connectivity index (χ0) is 7.49. The quantitative estimate of drug-likeness (QED) is 0.597. The summed E-state index contributed by atoms with van der Waals surface area (Å²) in [5.41, 5.74) is -0.0233. The molecule has 0 saturated carbocycles. The number of carbonyl (C=O) groups excluding carboxylic acids is 1. The molecule has 0 fully saturated rings. The van der Waals surface area contributed by atoms with Crippen LogP contribution in [-0.4, -0.2) is 17.3 Å². The lowest BCUT2D eigenvalue weighted by Gasteiger charge is -2.18. The second-order valence-electron chi connectivity index (χ2n) is 2.96. The maximum atomic E-state index is 10.2. The molecule has 0 aliphatic carbocycles. The van der Waals surface area contributed by atoms with Gasteiger partial charge in [-0.05, 0) is 32.4 Å². The molecule has 54 valence electrons. The predicted octanol–water partition coefficient (Wildman–Crippen LogP) is 1.14. The lowest BCUT2D eigenvalue weighted by molar-refractivity contribution is -0.111. The molecule has 1 N–H and O–H groups in total. The minimum absolute atomic E-state index is 0.0233. The highest BCUT2D eigenvalue weighted by atomic mass is 35.5. The van der Waals surface area contributed by atoms with Crippen molar-refractivity contribution in [3.63, 3.8) is 0 Å². The van der Waals surface area contributed by atoms with Crippen molar-refractivity contribution in [3.05, 3.63) is 0 Å². The van der Waals surface area contributed by atoms with Crippen molar-refractivity contribution in [2.75, 3.05) is 6.54 Å². The number of halogens is 1. The first kappa shape index (κ1) is 8.92. The molecule has 0 amide bonds. The fourth-order valence-electron chi connectivity index (χ4n) is 0.335. The summed E-state index contributed by atoms with van der Waals surface area (Å²) in [6.45, 7) is 6.18. The Morgan fingerprint density at radius 1 is 1.56 bits per heavy atom. The van der Waals surface area contributed by atoms with Crippen LogP contribution in [0.25, 0.3) is 0 Å². The average molecular weight is 150 g/mol. The van der Waals surface area contributed by atoms with E-state index in [1.165, 1.54) is 0 Å². The van der Waals surface area contributed by atoms with Gasteiger partial charge in [-0.25, -0.2) is 0 Å². The third-order valence-corrected chi connectivity index (χ3v) is 0.891. The molecule has 0 aliphatic heterocycles. The fraction of sp³-hybridized carbons (Fsp3) is 0.833. The fourth-order valence-corrected chi connectivity index (χ4v) is 0.401. The highest BCUT2D eigenvalue weighted by Gasteiger charge is 2.08. The highest BCUT2D eigenvalue weighted by Crippen LogP contribution is 1.97. The molecule has 0 rings (SSSR count). The summed E-state index contributed by atoms with van der Waals surface area (Å²) >= 11 is 5.08. The van der Waals surface area contributed by atoms with Gasteiger partial charge in [-0.3, -0.25) is 4.79 Å². The van der Waals surface area contributed by atoms with Gasteiger partial charge in [-0.2, -0.15) is 0 Å². The molecule has 0 bridgehead atoms. The van der Waals surface area contributed by atoms with Gasteiger partial charge >= 0.3 is 0 Å². The maximum Gasteiger partial charge on any atom is 0.235 e. The van der Waals surface area contributed by atoms with E-state index in [9.17, 15) is 4.79 Å². The van der Waals surface area contributed by atoms with E-state index in [2.05, 4.69) is 5.32 Å². The molecule has 0 saturated heterocycles. The molecule has 0 radical (unpaired) electrons. The van der Waals surface area contributed by atoms with Crippen LogP contribution in [0.1, 0.15) is 20.8 Å². The maximum absolute atomic E-state index is 10.2. The van der Waals surface area contributed by atoms with Gasteiger partial charge in [0.25, 0.3) is 0 Å². The van der Waals surface area contributed by atoms with Crippen LogP contribution in [-0.2, 0) is 4.79 Å². The average Bonchev–Trinajstić information content (AvgIpc) is 1.59. The van der Waals surface area contributed by atoms with E-state index in [1.54, 1.807) is 0 Å². The summed E-state index contributed by atoms with van der Waals surface area (Å²) < 4.78 is 0. The van der Waals surface area contributed by atoms with Crippen molar-refractivity contribution in [3.8, 4) is 0 Å². The van der Waals surface area contributed by atoms with Gasteiger partial charge in [0, 0.05) is 5.54 Å². The van der Waals surface area contributed by atoms with Crippen LogP contribution in [0.5, 0.6) is 0 Å². The summed E-state index contributed by atoms with van der Waals surface area (Å²) in [7, 11) is 0. The third kappa shape index (κ3) is 7.92. The van der Waals surface area contributed by atoms with Crippen LogP contribution < -0.4 is 5.32 Å². The standard InChI is InChI=1S/C6H12ClNO/c1-6(2,3)8-4-5(7)9/h8H,4H2,1-3H3. The van der Waals surface area contributed by atoms with Crippen LogP contribution in [0.3, 0.4) is 0 Å². The monoisotopic (exact) mass is 149 g/mol. The first-order valence-electron chi connectivity index (χ1n) is 2.85. The first-order chi connectivity index (χ1) is 3.92. The molecule has 0 aromatic rings. The van der Waals surface area contributed by atoms with Gasteiger partial charge in [0.05, 0.1) is 6.54 Å². The zero-order valence-electron chi connectivity index (χ0n) is 5.99. The van der Waals surface area contributed by atoms with E-state index in [0.29, 0.717) is 0 Å². The van der Waals surface area contributed by atoms with E-state index in [0.717, 1.165) is 0 Å². The van der Waals surface area contributed by atoms with Crippen molar-refractivity contribution < 1.29 is 4.79 Å². The summed E-state index contributed by atoms with van der Waals surface area (Å²) in [5, 5.41) is 2.60. The van der Waals surface area contributed by atoms with Gasteiger partial charge in [0.15, 0.2) is 0 Å². The van der Waals surface area contributed by atoms with Gasteiger partial charge in [-0.15, -0.1) is 0 Å². The molecule has 9 heavy (non-hydrogen) atoms. The van der Waals surface area contributed by atoms with E-state index in [-0.39, 0.29) is 17.3 Å². The Hall–Kier alpha value is -0.0800. The van der Waals surface area contributed by atoms with Crippen molar-refractivity contribution in [1.29, 1.82) is 0 Å². The minimum atomic E-state index is -0.343. The number of carbonyl (C=O) groups is 1. The summed E-state index contributed by atoms with van der Waals surface area (Å²) in [4.78, 5) is 10.2. The van der Waals surface area contributed by atoms with E-state index >= 15 is 0 Å². The lowest BCUT2D eigenvalue weighted by Crippen LogP contribution is -2.38. The summed E-state index contributed by atoms with van der Waals surface area (Å²) in [6, 6.07) is 0. The van der Waals surface area contributed by atoms with E-state index < -0.39 is 0 Å². The van der Waals surface area contributed by atoms with Crippen LogP contribution in [0.4, 0.5) is 0 Å². The van der Waals surface area contributed by atoms with Gasteiger partial charge in [0.2, 0.25) is 5.24 Å². The van der Waals surface area contributed by atoms with Crippen LogP contribution in [0.15, 0.2) is 0 Å². The van der Waals surface area contributed by atoms with Crippen LogP contribution in [0.2, 0.25) is 0 Å². The number of hydrogen-bond donors (Lipinski definition) is 1. The number of nitrogens with one attached hydrogen (secondary N) is 1. The molecule has 0 aromatic heterocycles. The van der Waals surface area contributed by atoms with Crippen molar-refractivity contribution in [2.24, 2.45) is 0 Å². The van der Waals surface area contributed by atoms with Gasteiger partial charge in [0.1, 0.15) is 0 Å². The van der Waals surface area contributed by atoms with Gasteiger partial charge < -0.3 is 5.32 Å². The molecule has 0 aromatic carbocycles. The normalized spacial score (nSPS) is 11.6. The number of hydrogen-bond acceptors (Lipinski definition) is 2.